The second-order valence-electron chi connectivity index (χ2n) is 5.69. The number of tetrazole rings is 1. The molecule has 1 N–H and O–H groups in total. The van der Waals surface area contributed by atoms with Gasteiger partial charge in [-0.3, -0.25) is 0 Å². The summed E-state index contributed by atoms with van der Waals surface area (Å²) in [5.41, 5.74) is 0.676. The van der Waals surface area contributed by atoms with Gasteiger partial charge in [0, 0.05) is 6.04 Å². The van der Waals surface area contributed by atoms with Crippen LogP contribution in [0.2, 0.25) is 0 Å². The second-order valence-corrected chi connectivity index (χ2v) is 5.69. The van der Waals surface area contributed by atoms with E-state index in [0.717, 1.165) is 11.7 Å². The quantitative estimate of drug-likeness (QED) is 0.915. The summed E-state index contributed by atoms with van der Waals surface area (Å²) in [6.07, 6.45) is 5.18. The molecule has 1 aliphatic rings. The van der Waals surface area contributed by atoms with Gasteiger partial charge in [-0.15, -0.1) is 14.8 Å². The fourth-order valence-corrected chi connectivity index (χ4v) is 3.05. The number of hydrogen-bond acceptors (Lipinski definition) is 5. The normalized spacial score (nSPS) is 23.9. The van der Waals surface area contributed by atoms with Gasteiger partial charge in [-0.25, -0.2) is 0 Å². The van der Waals surface area contributed by atoms with Crippen molar-refractivity contribution in [3.8, 4) is 0 Å². The van der Waals surface area contributed by atoms with E-state index in [9.17, 15) is 0 Å². The van der Waals surface area contributed by atoms with Crippen molar-refractivity contribution in [2.45, 2.75) is 45.6 Å². The van der Waals surface area contributed by atoms with E-state index in [1.165, 1.54) is 30.3 Å². The lowest BCUT2D eigenvalue weighted by molar-refractivity contribution is 0.253. The largest absolute Gasteiger partial charge is 0.366 e. The fraction of sp³-hybridized carbons (Fsp3) is 0.692. The molecule has 6 heteroatoms. The van der Waals surface area contributed by atoms with Crippen molar-refractivity contribution in [1.82, 2.24) is 25.3 Å². The molecule has 0 saturated heterocycles. The van der Waals surface area contributed by atoms with Crippen molar-refractivity contribution in [3.05, 3.63) is 12.1 Å². The summed E-state index contributed by atoms with van der Waals surface area (Å²) in [6, 6.07) is 4.36. The zero-order valence-electron chi connectivity index (χ0n) is 11.5. The second kappa shape index (κ2) is 5.11. The zero-order valence-corrected chi connectivity index (χ0v) is 11.5. The molecule has 1 fully saturated rings. The van der Waals surface area contributed by atoms with Crippen LogP contribution in [-0.4, -0.2) is 31.3 Å². The molecule has 0 amide bonds. The van der Waals surface area contributed by atoms with Gasteiger partial charge in [0.15, 0.2) is 5.65 Å². The van der Waals surface area contributed by atoms with Crippen molar-refractivity contribution < 1.29 is 0 Å². The molecule has 2 heterocycles. The Hall–Kier alpha value is -1.72. The van der Waals surface area contributed by atoms with Gasteiger partial charge in [0.05, 0.1) is 0 Å². The van der Waals surface area contributed by atoms with Crippen molar-refractivity contribution in [2.75, 3.05) is 5.32 Å². The highest BCUT2D eigenvalue weighted by Crippen LogP contribution is 2.31. The maximum atomic E-state index is 4.39. The standard InChI is InChI=1S/C13H20N6/c1-9(2)10-5-3-4-6-11(10)14-12-7-8-13-15-17-18-19(13)16-12/h7-11H,3-6H2,1-2H3,(H,14,16). The first-order valence-corrected chi connectivity index (χ1v) is 7.06. The maximum Gasteiger partial charge on any atom is 0.200 e. The van der Waals surface area contributed by atoms with E-state index < -0.39 is 0 Å². The van der Waals surface area contributed by atoms with Gasteiger partial charge >= 0.3 is 0 Å². The van der Waals surface area contributed by atoms with E-state index in [4.69, 9.17) is 0 Å². The van der Waals surface area contributed by atoms with E-state index in [-0.39, 0.29) is 0 Å². The maximum absolute atomic E-state index is 4.39. The molecule has 0 radical (unpaired) electrons. The van der Waals surface area contributed by atoms with Crippen LogP contribution in [0.4, 0.5) is 5.82 Å². The number of fused-ring (bicyclic) bond motifs is 1. The third-order valence-corrected chi connectivity index (χ3v) is 4.08. The highest BCUT2D eigenvalue weighted by molar-refractivity contribution is 5.42. The molecule has 0 aliphatic heterocycles. The Balaban J connectivity index is 1.78. The molecule has 1 aliphatic carbocycles. The monoisotopic (exact) mass is 260 g/mol. The summed E-state index contributed by atoms with van der Waals surface area (Å²) in [5, 5.41) is 19.3. The smallest absolute Gasteiger partial charge is 0.200 e. The number of nitrogens with one attached hydrogen (secondary N) is 1. The van der Waals surface area contributed by atoms with Crippen molar-refractivity contribution in [1.29, 1.82) is 0 Å². The summed E-state index contributed by atoms with van der Waals surface area (Å²) in [5.74, 6) is 2.28. The van der Waals surface area contributed by atoms with Gasteiger partial charge in [0.25, 0.3) is 0 Å². The van der Waals surface area contributed by atoms with Crippen LogP contribution >= 0.6 is 0 Å². The van der Waals surface area contributed by atoms with E-state index in [0.29, 0.717) is 17.6 Å². The Morgan fingerprint density at radius 3 is 2.95 bits per heavy atom. The van der Waals surface area contributed by atoms with E-state index in [2.05, 4.69) is 39.8 Å². The van der Waals surface area contributed by atoms with E-state index in [1.807, 2.05) is 12.1 Å². The minimum absolute atomic E-state index is 0.509. The van der Waals surface area contributed by atoms with Crippen LogP contribution in [0.25, 0.3) is 5.65 Å². The molecule has 2 aromatic rings. The van der Waals surface area contributed by atoms with Crippen LogP contribution in [0, 0.1) is 11.8 Å². The van der Waals surface area contributed by atoms with Crippen LogP contribution < -0.4 is 5.32 Å². The van der Waals surface area contributed by atoms with E-state index >= 15 is 0 Å². The molecule has 3 rings (SSSR count). The lowest BCUT2D eigenvalue weighted by Gasteiger charge is -2.35. The Bertz CT molecular complexity index is 549. The van der Waals surface area contributed by atoms with Gasteiger partial charge in [-0.05, 0) is 47.2 Å². The zero-order chi connectivity index (χ0) is 13.2. The molecule has 0 aromatic carbocycles. The molecule has 0 spiro atoms. The van der Waals surface area contributed by atoms with Crippen molar-refractivity contribution >= 4 is 11.5 Å². The average Bonchev–Trinajstić information content (AvgIpc) is 2.86. The predicted molar refractivity (Wildman–Crippen MR) is 72.8 cm³/mol. The van der Waals surface area contributed by atoms with Crippen LogP contribution in [-0.2, 0) is 0 Å². The minimum Gasteiger partial charge on any atom is -0.366 e. The topological polar surface area (TPSA) is 68.0 Å². The van der Waals surface area contributed by atoms with E-state index in [1.54, 1.807) is 0 Å². The number of nitrogens with zero attached hydrogens (tertiary/aromatic N) is 5. The molecular weight excluding hydrogens is 240 g/mol. The minimum atomic E-state index is 0.509. The Morgan fingerprint density at radius 1 is 1.26 bits per heavy atom. The molecule has 6 nitrogen and oxygen atoms in total. The number of anilines is 1. The molecule has 2 aromatic heterocycles. The highest BCUT2D eigenvalue weighted by Gasteiger charge is 2.27. The molecule has 2 unspecified atom stereocenters. The molecule has 1 saturated carbocycles. The Labute approximate surface area is 112 Å². The number of rotatable bonds is 3. The molecule has 0 bridgehead atoms. The molecule has 2 atom stereocenters. The van der Waals surface area contributed by atoms with Crippen molar-refractivity contribution in [2.24, 2.45) is 11.8 Å². The lowest BCUT2D eigenvalue weighted by atomic mass is 9.78. The first-order chi connectivity index (χ1) is 9.24. The summed E-state index contributed by atoms with van der Waals surface area (Å²) >= 11 is 0. The summed E-state index contributed by atoms with van der Waals surface area (Å²) in [6.45, 7) is 4.62. The third-order valence-electron chi connectivity index (χ3n) is 4.08. The fourth-order valence-electron chi connectivity index (χ4n) is 3.05. The number of hydrogen-bond donors (Lipinski definition) is 1. The average molecular weight is 260 g/mol. The van der Waals surface area contributed by atoms with Crippen LogP contribution in [0.1, 0.15) is 39.5 Å². The van der Waals surface area contributed by atoms with Crippen LogP contribution in [0.5, 0.6) is 0 Å². The molecule has 102 valence electrons. The Morgan fingerprint density at radius 2 is 2.11 bits per heavy atom. The van der Waals surface area contributed by atoms with Crippen LogP contribution in [0.3, 0.4) is 0 Å². The number of aromatic nitrogens is 5. The summed E-state index contributed by atoms with van der Waals surface area (Å²) in [4.78, 5) is 0. The lowest BCUT2D eigenvalue weighted by Crippen LogP contribution is -2.35. The molecular formula is C13H20N6. The Kier molecular flexibility index (Phi) is 3.31. The van der Waals surface area contributed by atoms with Gasteiger partial charge in [0.1, 0.15) is 5.82 Å². The van der Waals surface area contributed by atoms with Gasteiger partial charge in [-0.1, -0.05) is 26.7 Å². The summed E-state index contributed by atoms with van der Waals surface area (Å²) < 4.78 is 1.47. The molecule has 19 heavy (non-hydrogen) atoms. The van der Waals surface area contributed by atoms with Gasteiger partial charge in [0.2, 0.25) is 0 Å². The highest BCUT2D eigenvalue weighted by atomic mass is 15.6. The third kappa shape index (κ3) is 2.52. The predicted octanol–water partition coefficient (Wildman–Crippen LogP) is 2.15. The van der Waals surface area contributed by atoms with Gasteiger partial charge < -0.3 is 5.32 Å². The van der Waals surface area contributed by atoms with Gasteiger partial charge in [-0.2, -0.15) is 0 Å². The SMILES string of the molecule is CC(C)C1CCCCC1Nc1ccc2nnnn2n1. The van der Waals surface area contributed by atoms with Crippen LogP contribution in [0.15, 0.2) is 12.1 Å². The first kappa shape index (κ1) is 12.3. The van der Waals surface area contributed by atoms with Crippen molar-refractivity contribution in [3.63, 3.8) is 0 Å². The first-order valence-electron chi connectivity index (χ1n) is 7.06. The summed E-state index contributed by atoms with van der Waals surface area (Å²) in [7, 11) is 0.